The summed E-state index contributed by atoms with van der Waals surface area (Å²) in [6.45, 7) is 10.6. The van der Waals surface area contributed by atoms with Crippen molar-refractivity contribution in [3.63, 3.8) is 0 Å². The van der Waals surface area contributed by atoms with E-state index in [1.54, 1.807) is 0 Å². The van der Waals surface area contributed by atoms with Crippen molar-refractivity contribution in [3.8, 4) is 0 Å². The Morgan fingerprint density at radius 1 is 0.518 bits per heavy atom. The van der Waals surface area contributed by atoms with Gasteiger partial charge in [0.25, 0.3) is 6.47 Å². The Morgan fingerprint density at radius 2 is 0.929 bits per heavy atom. The lowest BCUT2D eigenvalue weighted by Gasteiger charge is -2.19. The molecule has 330 valence electrons. The van der Waals surface area contributed by atoms with Gasteiger partial charge in [-0.25, -0.2) is 0 Å². The predicted molar refractivity (Wildman–Crippen MR) is 207 cm³/mol. The number of ether oxygens (including phenoxy) is 8. The maximum atomic E-state index is 13.0. The van der Waals surface area contributed by atoms with Gasteiger partial charge in [0.15, 0.2) is 0 Å². The molecule has 0 aromatic carbocycles. The molecular weight excluding hydrogens is 740 g/mol. The second kappa shape index (κ2) is 46.3. The molecule has 0 spiro atoms. The third-order valence-corrected chi connectivity index (χ3v) is 7.02. The number of nitrogens with two attached hydrogens (primary N) is 2. The Hall–Kier alpha value is -3.05. The van der Waals surface area contributed by atoms with Crippen LogP contribution in [0, 0.1) is 0 Å². The quantitative estimate of drug-likeness (QED) is 0.0279. The van der Waals surface area contributed by atoms with Gasteiger partial charge in [-0.3, -0.25) is 24.0 Å². The molecule has 0 aromatic rings. The minimum atomic E-state index is -0.760. The molecule has 20 nitrogen and oxygen atoms in total. The van der Waals surface area contributed by atoms with Gasteiger partial charge in [0.1, 0.15) is 6.04 Å². The third-order valence-electron chi connectivity index (χ3n) is 7.02. The van der Waals surface area contributed by atoms with Gasteiger partial charge < -0.3 is 75.7 Å². The predicted octanol–water partition coefficient (Wildman–Crippen LogP) is -1.29. The van der Waals surface area contributed by atoms with Crippen LogP contribution in [0.25, 0.3) is 0 Å². The summed E-state index contributed by atoms with van der Waals surface area (Å²) in [5, 5.41) is 18.1. The Kier molecular flexibility index (Phi) is 45.5. The number of amides is 4. The van der Waals surface area contributed by atoms with Crippen molar-refractivity contribution in [2.24, 2.45) is 11.5 Å². The fourth-order valence-corrected chi connectivity index (χ4v) is 4.31. The van der Waals surface area contributed by atoms with Crippen LogP contribution < -0.4 is 32.7 Å². The molecule has 0 aliphatic carbocycles. The number of hydrogen-bond acceptors (Lipinski definition) is 15. The Labute approximate surface area is 332 Å². The van der Waals surface area contributed by atoms with Crippen LogP contribution in [0.3, 0.4) is 0 Å². The van der Waals surface area contributed by atoms with Gasteiger partial charge in [0.2, 0.25) is 23.6 Å². The van der Waals surface area contributed by atoms with Crippen molar-refractivity contribution in [1.29, 1.82) is 0 Å². The Morgan fingerprint density at radius 3 is 1.39 bits per heavy atom. The summed E-state index contributed by atoms with van der Waals surface area (Å²) in [5.41, 5.74) is 10.7. The van der Waals surface area contributed by atoms with Crippen molar-refractivity contribution < 1.29 is 67.0 Å². The molecule has 1 unspecified atom stereocenters. The largest absolute Gasteiger partial charge is 0.483 e. The molecule has 4 amide bonds. The topological polar surface area (TPSA) is 280 Å². The van der Waals surface area contributed by atoms with Gasteiger partial charge in [-0.1, -0.05) is 6.92 Å². The van der Waals surface area contributed by atoms with Crippen LogP contribution in [0.4, 0.5) is 0 Å². The normalized spacial score (nSPS) is 11.3. The molecule has 0 fully saturated rings. The van der Waals surface area contributed by atoms with Crippen LogP contribution in [-0.4, -0.2) is 180 Å². The van der Waals surface area contributed by atoms with Gasteiger partial charge in [-0.15, -0.1) is 0 Å². The van der Waals surface area contributed by atoms with Crippen LogP contribution in [0.5, 0.6) is 0 Å². The average molecular weight is 813 g/mol. The number of hydrogen-bond donors (Lipinski definition) is 7. The average Bonchev–Trinajstić information content (AvgIpc) is 3.18. The lowest BCUT2D eigenvalue weighted by Crippen LogP contribution is -2.47. The fraction of sp³-hybridized carbons (Fsp3) is 0.861. The van der Waals surface area contributed by atoms with E-state index in [2.05, 4.69) is 28.2 Å². The summed E-state index contributed by atoms with van der Waals surface area (Å²) >= 11 is 0. The van der Waals surface area contributed by atoms with Crippen LogP contribution in [0.1, 0.15) is 58.3 Å². The van der Waals surface area contributed by atoms with Crippen molar-refractivity contribution in [2.45, 2.75) is 64.3 Å². The lowest BCUT2D eigenvalue weighted by atomic mass is 10.1. The second-order valence-corrected chi connectivity index (χ2v) is 11.8. The number of rotatable bonds is 41. The Balaban J connectivity index is 0. The Bertz CT molecular complexity index is 926. The van der Waals surface area contributed by atoms with Crippen molar-refractivity contribution >= 4 is 30.1 Å². The summed E-state index contributed by atoms with van der Waals surface area (Å²) < 4.78 is 42.9. The molecule has 0 saturated heterocycles. The highest BCUT2D eigenvalue weighted by Crippen LogP contribution is 2.03. The molecule has 1 atom stereocenters. The van der Waals surface area contributed by atoms with E-state index >= 15 is 0 Å². The molecule has 0 saturated carbocycles. The van der Waals surface area contributed by atoms with Gasteiger partial charge in [0.05, 0.1) is 99.1 Å². The zero-order valence-electron chi connectivity index (χ0n) is 33.6. The number of unbranched alkanes of at least 4 members (excludes halogenated alkanes) is 1. The molecule has 56 heavy (non-hydrogen) atoms. The SMILES string of the molecule is CCCOCCOCCOCCOCCNC(=O)C(CCCCNC(=O)CCOCCOCCN)NC(=O)CCCNC(=O)CCOCCOCCN.O=CO. The van der Waals surface area contributed by atoms with E-state index in [4.69, 9.17) is 59.3 Å². The zero-order chi connectivity index (χ0) is 41.6. The highest BCUT2D eigenvalue weighted by atomic mass is 16.6. The van der Waals surface area contributed by atoms with Gasteiger partial charge in [-0.05, 0) is 32.1 Å². The molecule has 9 N–H and O–H groups in total. The van der Waals surface area contributed by atoms with Gasteiger partial charge in [0, 0.05) is 58.6 Å². The van der Waals surface area contributed by atoms with E-state index in [0.717, 1.165) is 13.0 Å². The van der Waals surface area contributed by atoms with E-state index in [1.807, 2.05) is 0 Å². The highest BCUT2D eigenvalue weighted by molar-refractivity contribution is 5.87. The van der Waals surface area contributed by atoms with Crippen LogP contribution in [-0.2, 0) is 61.9 Å². The van der Waals surface area contributed by atoms with E-state index in [9.17, 15) is 19.2 Å². The molecule has 0 aromatic heterocycles. The summed E-state index contributed by atoms with van der Waals surface area (Å²) in [6.07, 6.45) is 3.55. The molecular formula is C36H72N6O14. The first-order valence-corrected chi connectivity index (χ1v) is 19.6. The van der Waals surface area contributed by atoms with Crippen LogP contribution >= 0.6 is 0 Å². The van der Waals surface area contributed by atoms with Gasteiger partial charge in [-0.2, -0.15) is 0 Å². The van der Waals surface area contributed by atoms with E-state index in [0.29, 0.717) is 131 Å². The maximum absolute atomic E-state index is 13.0. The molecule has 0 bridgehead atoms. The molecule has 0 heterocycles. The van der Waals surface area contributed by atoms with Crippen molar-refractivity contribution in [3.05, 3.63) is 0 Å². The fourth-order valence-electron chi connectivity index (χ4n) is 4.31. The lowest BCUT2D eigenvalue weighted by molar-refractivity contribution is -0.129. The number of nitrogens with one attached hydrogen (secondary N) is 4. The van der Waals surface area contributed by atoms with Crippen LogP contribution in [0.15, 0.2) is 0 Å². The molecule has 20 heteroatoms. The van der Waals surface area contributed by atoms with E-state index < -0.39 is 6.04 Å². The third kappa shape index (κ3) is 43.7. The maximum Gasteiger partial charge on any atom is 0.290 e. The number of carbonyl (C=O) groups excluding carboxylic acids is 4. The minimum absolute atomic E-state index is 0.130. The number of carboxylic acid groups (broad SMARTS) is 1. The smallest absolute Gasteiger partial charge is 0.290 e. The van der Waals surface area contributed by atoms with Crippen LogP contribution in [0.2, 0.25) is 0 Å². The molecule has 0 radical (unpaired) electrons. The first kappa shape index (κ1) is 55.0. The monoisotopic (exact) mass is 813 g/mol. The summed E-state index contributed by atoms with van der Waals surface area (Å²) in [4.78, 5) is 58.2. The van der Waals surface area contributed by atoms with E-state index in [1.165, 1.54) is 0 Å². The van der Waals surface area contributed by atoms with Crippen molar-refractivity contribution in [2.75, 3.05) is 138 Å². The van der Waals surface area contributed by atoms with Gasteiger partial charge >= 0.3 is 0 Å². The second-order valence-electron chi connectivity index (χ2n) is 11.8. The minimum Gasteiger partial charge on any atom is -0.483 e. The first-order chi connectivity index (χ1) is 27.4. The molecule has 0 aliphatic heterocycles. The standard InChI is InChI=1S/C35H70N6O12.CH2O2/c1-2-15-46-21-27-52-29-30-53-28-26-51-20-14-40-35(45)31(6-3-4-12-38-32(42)8-16-47-22-24-49-18-10-36)41-34(44)7-5-13-39-33(43)9-17-48-23-25-50-19-11-37;2-1-3/h31H,2-30,36-37H2,1H3,(H,38,42)(H,39,43)(H,40,45)(H,41,44);1H,(H,2,3). The molecule has 0 rings (SSSR count). The first-order valence-electron chi connectivity index (χ1n) is 19.6. The molecule has 0 aliphatic rings. The van der Waals surface area contributed by atoms with Crippen molar-refractivity contribution in [1.82, 2.24) is 21.3 Å². The summed E-state index contributed by atoms with van der Waals surface area (Å²) in [6, 6.07) is -0.760. The summed E-state index contributed by atoms with van der Waals surface area (Å²) in [7, 11) is 0. The van der Waals surface area contributed by atoms with E-state index in [-0.39, 0.29) is 75.7 Å². The number of carbonyl (C=O) groups is 5. The zero-order valence-corrected chi connectivity index (χ0v) is 33.6. The summed E-state index contributed by atoms with van der Waals surface area (Å²) in [5.74, 6) is -0.927. The highest BCUT2D eigenvalue weighted by Gasteiger charge is 2.20.